The first kappa shape index (κ1) is 8.91. The van der Waals surface area contributed by atoms with E-state index in [-0.39, 0.29) is 36.6 Å². The van der Waals surface area contributed by atoms with E-state index in [1.165, 1.54) is 0 Å². The first-order valence-corrected chi connectivity index (χ1v) is 4.59. The Morgan fingerprint density at radius 3 is 2.46 bits per heavy atom. The molecule has 2 rings (SSSR count). The number of carbonyl (C=O) groups excluding carboxylic acids is 1. The van der Waals surface area contributed by atoms with Crippen LogP contribution in [0.5, 0.6) is 0 Å². The van der Waals surface area contributed by atoms with Gasteiger partial charge in [-0.2, -0.15) is 0 Å². The molecule has 2 aliphatic rings. The SMILES string of the molecule is CCOC(=O)C1[C@H]2CC(F)(F)C[C@H]12. The van der Waals surface area contributed by atoms with E-state index >= 15 is 0 Å². The van der Waals surface area contributed by atoms with Gasteiger partial charge in [-0.25, -0.2) is 8.78 Å². The highest BCUT2D eigenvalue weighted by atomic mass is 19.3. The van der Waals surface area contributed by atoms with E-state index in [4.69, 9.17) is 4.74 Å². The van der Waals surface area contributed by atoms with Crippen molar-refractivity contribution in [2.24, 2.45) is 17.8 Å². The maximum atomic E-state index is 12.7. The molecule has 2 nitrogen and oxygen atoms in total. The van der Waals surface area contributed by atoms with E-state index in [2.05, 4.69) is 0 Å². The highest BCUT2D eigenvalue weighted by Gasteiger charge is 2.66. The summed E-state index contributed by atoms with van der Waals surface area (Å²) in [6.45, 7) is 2.07. The topological polar surface area (TPSA) is 26.3 Å². The fourth-order valence-electron chi connectivity index (χ4n) is 2.36. The van der Waals surface area contributed by atoms with Crippen molar-refractivity contribution in [3.63, 3.8) is 0 Å². The highest BCUT2D eigenvalue weighted by Crippen LogP contribution is 2.62. The van der Waals surface area contributed by atoms with Crippen molar-refractivity contribution in [3.05, 3.63) is 0 Å². The van der Waals surface area contributed by atoms with Crippen LogP contribution in [-0.2, 0) is 9.53 Å². The Bertz CT molecular complexity index is 226. The van der Waals surface area contributed by atoms with Crippen molar-refractivity contribution in [1.29, 1.82) is 0 Å². The van der Waals surface area contributed by atoms with Gasteiger partial charge in [0.1, 0.15) is 0 Å². The second-order valence-corrected chi connectivity index (χ2v) is 3.87. The monoisotopic (exact) mass is 190 g/mol. The van der Waals surface area contributed by atoms with Crippen LogP contribution in [0.1, 0.15) is 19.8 Å². The molecule has 0 amide bonds. The maximum Gasteiger partial charge on any atom is 0.309 e. The van der Waals surface area contributed by atoms with Crippen LogP contribution in [0, 0.1) is 17.8 Å². The van der Waals surface area contributed by atoms with Crippen molar-refractivity contribution in [2.75, 3.05) is 6.61 Å². The van der Waals surface area contributed by atoms with E-state index < -0.39 is 5.92 Å². The molecule has 2 saturated carbocycles. The van der Waals surface area contributed by atoms with E-state index in [0.717, 1.165) is 0 Å². The van der Waals surface area contributed by atoms with Gasteiger partial charge in [-0.05, 0) is 18.8 Å². The molecule has 2 fully saturated rings. The van der Waals surface area contributed by atoms with Gasteiger partial charge >= 0.3 is 5.97 Å². The van der Waals surface area contributed by atoms with Crippen LogP contribution in [-0.4, -0.2) is 18.5 Å². The van der Waals surface area contributed by atoms with Crippen LogP contribution in [0.25, 0.3) is 0 Å². The third-order valence-electron chi connectivity index (χ3n) is 2.96. The number of halogens is 2. The summed E-state index contributed by atoms with van der Waals surface area (Å²) in [5.41, 5.74) is 0. The first-order valence-electron chi connectivity index (χ1n) is 4.59. The lowest BCUT2D eigenvalue weighted by Gasteiger charge is -2.11. The molecule has 0 aromatic carbocycles. The smallest absolute Gasteiger partial charge is 0.309 e. The minimum Gasteiger partial charge on any atom is -0.466 e. The van der Waals surface area contributed by atoms with Crippen LogP contribution >= 0.6 is 0 Å². The number of fused-ring (bicyclic) bond motifs is 1. The van der Waals surface area contributed by atoms with Gasteiger partial charge in [-0.15, -0.1) is 0 Å². The van der Waals surface area contributed by atoms with E-state index in [1.54, 1.807) is 6.92 Å². The Kier molecular flexibility index (Phi) is 1.82. The fraction of sp³-hybridized carbons (Fsp3) is 0.889. The summed E-state index contributed by atoms with van der Waals surface area (Å²) in [6, 6.07) is 0. The number of esters is 1. The van der Waals surface area contributed by atoms with Crippen molar-refractivity contribution in [2.45, 2.75) is 25.7 Å². The summed E-state index contributed by atoms with van der Waals surface area (Å²) < 4.78 is 30.2. The zero-order valence-corrected chi connectivity index (χ0v) is 7.43. The molecule has 0 N–H and O–H groups in total. The quantitative estimate of drug-likeness (QED) is 0.621. The number of carbonyl (C=O) groups is 1. The van der Waals surface area contributed by atoms with Crippen LogP contribution in [0.3, 0.4) is 0 Å². The largest absolute Gasteiger partial charge is 0.466 e. The third-order valence-corrected chi connectivity index (χ3v) is 2.96. The van der Waals surface area contributed by atoms with Gasteiger partial charge in [0.25, 0.3) is 0 Å². The van der Waals surface area contributed by atoms with Crippen LogP contribution in [0.4, 0.5) is 8.78 Å². The van der Waals surface area contributed by atoms with Gasteiger partial charge in [0.15, 0.2) is 0 Å². The number of ether oxygens (including phenoxy) is 1. The zero-order valence-electron chi connectivity index (χ0n) is 7.43. The second kappa shape index (κ2) is 2.66. The van der Waals surface area contributed by atoms with Gasteiger partial charge in [-0.1, -0.05) is 0 Å². The molecule has 2 atom stereocenters. The van der Waals surface area contributed by atoms with Crippen LogP contribution in [0.15, 0.2) is 0 Å². The van der Waals surface area contributed by atoms with Gasteiger partial charge in [0.2, 0.25) is 5.92 Å². The molecule has 74 valence electrons. The maximum absolute atomic E-state index is 12.7. The molecule has 0 saturated heterocycles. The minimum absolute atomic E-state index is 0.103. The molecular formula is C9H12F2O2. The molecule has 0 aromatic heterocycles. The normalized spacial score (nSPS) is 39.8. The molecule has 0 aliphatic heterocycles. The molecule has 0 spiro atoms. The van der Waals surface area contributed by atoms with E-state index in [1.807, 2.05) is 0 Å². The molecule has 0 unspecified atom stereocenters. The third kappa shape index (κ3) is 1.42. The average Bonchev–Trinajstić information content (AvgIpc) is 2.51. The standard InChI is InChI=1S/C9H12F2O2/c1-2-13-8(12)7-5-3-9(10,11)4-6(5)7/h5-7H,2-4H2,1H3/t5-,6-/m0/s1. The number of hydrogen-bond donors (Lipinski definition) is 0. The molecule has 0 heterocycles. The summed E-state index contributed by atoms with van der Waals surface area (Å²) in [5, 5.41) is 0. The summed E-state index contributed by atoms with van der Waals surface area (Å²) in [5.74, 6) is -3.24. The minimum atomic E-state index is -2.53. The first-order chi connectivity index (χ1) is 6.05. The Balaban J connectivity index is 1.88. The van der Waals surface area contributed by atoms with Crippen LogP contribution in [0.2, 0.25) is 0 Å². The molecule has 0 aromatic rings. The lowest BCUT2D eigenvalue weighted by Crippen LogP contribution is -2.18. The second-order valence-electron chi connectivity index (χ2n) is 3.87. The van der Waals surface area contributed by atoms with Gasteiger partial charge in [0.05, 0.1) is 12.5 Å². The average molecular weight is 190 g/mol. The zero-order chi connectivity index (χ0) is 9.64. The van der Waals surface area contributed by atoms with Gasteiger partial charge < -0.3 is 4.74 Å². The predicted octanol–water partition coefficient (Wildman–Crippen LogP) is 1.84. The number of alkyl halides is 2. The van der Waals surface area contributed by atoms with Gasteiger partial charge in [0, 0.05) is 12.8 Å². The van der Waals surface area contributed by atoms with Crippen molar-refractivity contribution >= 4 is 5.97 Å². The molecule has 4 heteroatoms. The summed E-state index contributed by atoms with van der Waals surface area (Å²) in [4.78, 5) is 11.2. The fourth-order valence-corrected chi connectivity index (χ4v) is 2.36. The molecule has 0 bridgehead atoms. The Morgan fingerprint density at radius 2 is 2.00 bits per heavy atom. The molecule has 2 aliphatic carbocycles. The Morgan fingerprint density at radius 1 is 1.46 bits per heavy atom. The molecular weight excluding hydrogens is 178 g/mol. The predicted molar refractivity (Wildman–Crippen MR) is 41.3 cm³/mol. The number of hydrogen-bond acceptors (Lipinski definition) is 2. The lowest BCUT2D eigenvalue weighted by molar-refractivity contribution is -0.146. The van der Waals surface area contributed by atoms with Crippen LogP contribution < -0.4 is 0 Å². The number of rotatable bonds is 2. The highest BCUT2D eigenvalue weighted by molar-refractivity contribution is 5.76. The van der Waals surface area contributed by atoms with Gasteiger partial charge in [-0.3, -0.25) is 4.79 Å². The Labute approximate surface area is 75.3 Å². The molecule has 0 radical (unpaired) electrons. The summed E-state index contributed by atoms with van der Waals surface area (Å²) in [7, 11) is 0. The van der Waals surface area contributed by atoms with Crippen molar-refractivity contribution in [1.82, 2.24) is 0 Å². The summed E-state index contributed by atoms with van der Waals surface area (Å²) >= 11 is 0. The Hall–Kier alpha value is -0.670. The lowest BCUT2D eigenvalue weighted by atomic mass is 10.1. The van der Waals surface area contributed by atoms with Crippen molar-refractivity contribution in [3.8, 4) is 0 Å². The van der Waals surface area contributed by atoms with Crippen molar-refractivity contribution < 1.29 is 18.3 Å². The molecule has 13 heavy (non-hydrogen) atoms. The van der Waals surface area contributed by atoms with E-state index in [9.17, 15) is 13.6 Å². The summed E-state index contributed by atoms with van der Waals surface area (Å²) in [6.07, 6.45) is -0.248. The van der Waals surface area contributed by atoms with E-state index in [0.29, 0.717) is 6.61 Å².